The summed E-state index contributed by atoms with van der Waals surface area (Å²) in [5.41, 5.74) is 24.6. The molecule has 12 aromatic rings. The van der Waals surface area contributed by atoms with Gasteiger partial charge in [-0.1, -0.05) is 279 Å². The minimum Gasteiger partial charge on any atom is -0.305 e. The molecule has 0 fully saturated rings. The van der Waals surface area contributed by atoms with Crippen molar-refractivity contribution in [2.24, 2.45) is 0 Å². The zero-order chi connectivity index (χ0) is 63.2. The van der Waals surface area contributed by atoms with E-state index in [2.05, 4.69) is 303 Å². The second kappa shape index (κ2) is 34.9. The second-order valence-electron chi connectivity index (χ2n) is 26.6. The second-order valence-corrected chi connectivity index (χ2v) is 26.6. The van der Waals surface area contributed by atoms with Gasteiger partial charge in [-0.15, -0.1) is 119 Å². The first-order chi connectivity index (χ1) is 42.5. The van der Waals surface area contributed by atoms with Gasteiger partial charge < -0.3 is 19.9 Å². The molecule has 0 amide bonds. The monoisotopic (exact) mass is 1930 g/mol. The van der Waals surface area contributed by atoms with Gasteiger partial charge in [-0.05, 0) is 91.3 Å². The van der Waals surface area contributed by atoms with E-state index in [0.717, 1.165) is 45.0 Å². The van der Waals surface area contributed by atoms with Crippen LogP contribution in [0.4, 0.5) is 0 Å². The zero-order valence-electron chi connectivity index (χ0n) is 55.4. The number of aryl methyl sites for hydroxylation is 1. The largest absolute Gasteiger partial charge is 0.305 e. The fraction of sp³-hybridized carbons (Fsp3) is 0.200. The number of nitrogens with zero attached hydrogens (tertiary/aromatic N) is 4. The normalized spacial score (nSPS) is 10.9. The average Bonchev–Trinajstić information content (AvgIpc) is 2.63. The molecule has 4 nitrogen and oxygen atoms in total. The third kappa shape index (κ3) is 22.0. The van der Waals surface area contributed by atoms with Gasteiger partial charge in [0.1, 0.15) is 0 Å². The van der Waals surface area contributed by atoms with Gasteiger partial charge in [0.25, 0.3) is 0 Å². The molecule has 0 bridgehead atoms. The summed E-state index contributed by atoms with van der Waals surface area (Å²) in [5, 5.41) is 0. The predicted molar refractivity (Wildman–Crippen MR) is 375 cm³/mol. The van der Waals surface area contributed by atoms with E-state index in [0.29, 0.717) is 0 Å². The molecule has 8 aromatic carbocycles. The van der Waals surface area contributed by atoms with E-state index in [1.54, 1.807) is 0 Å². The van der Waals surface area contributed by atoms with E-state index in [1.807, 2.05) is 92.4 Å². The Bertz CT molecular complexity index is 3980. The summed E-state index contributed by atoms with van der Waals surface area (Å²) in [6, 6.07) is 95.3. The Labute approximate surface area is 609 Å². The van der Waals surface area contributed by atoms with E-state index in [-0.39, 0.29) is 102 Å². The van der Waals surface area contributed by atoms with Gasteiger partial charge >= 0.3 is 0 Å². The Morgan fingerprint density at radius 3 is 0.892 bits per heavy atom. The van der Waals surface area contributed by atoms with Crippen molar-refractivity contribution in [1.82, 2.24) is 19.9 Å². The maximum atomic E-state index is 4.59. The molecule has 0 aliphatic rings. The van der Waals surface area contributed by atoms with Gasteiger partial charge in [0.05, 0.1) is 0 Å². The standard InChI is InChI=1S/C22H22N.3C21H20N.4Ir/c1-16-5-14-21(23-15-16)19-8-6-17(7-9-19)18-10-12-20(13-11-18)22(2,3)4;1-21(2,3)19-13-11-17(12-14-19)16-7-9-18(10-8-16)20-6-4-5-15-22-20;1-21(2,3)19-13-14-22-20(15-19)18-11-9-17(10-12-18)16-7-5-4-6-8-16;1-21(2,3)19-13-14-20(22-15-19)18-11-9-17(10-12-18)16-7-5-4-6-8-16;;;;/h5-8,10-15H,1-4H3;4-9,11-15H,1-3H3;2*4-11,13-15H,1-3H3;;;;/q4*-1;;;;. The molecule has 0 aliphatic carbocycles. The first kappa shape index (κ1) is 76.7. The van der Waals surface area contributed by atoms with Gasteiger partial charge in [0, 0.05) is 105 Å². The summed E-state index contributed by atoms with van der Waals surface area (Å²) in [5.74, 6) is 0. The molecular weight excluding hydrogens is 1850 g/mol. The maximum Gasteiger partial charge on any atom is 0.0198 e. The topological polar surface area (TPSA) is 51.6 Å². The van der Waals surface area contributed by atoms with Gasteiger partial charge in [-0.25, -0.2) is 0 Å². The Morgan fingerprint density at radius 2 is 0.570 bits per heavy atom. The van der Waals surface area contributed by atoms with Crippen molar-refractivity contribution in [2.75, 3.05) is 0 Å². The summed E-state index contributed by atoms with van der Waals surface area (Å²) in [7, 11) is 0. The third-order valence-corrected chi connectivity index (χ3v) is 15.6. The number of pyridine rings is 4. The summed E-state index contributed by atoms with van der Waals surface area (Å²) < 4.78 is 0. The molecule has 0 saturated heterocycles. The molecule has 4 aromatic heterocycles. The molecule has 0 aliphatic heterocycles. The van der Waals surface area contributed by atoms with Gasteiger partial charge in [0.2, 0.25) is 0 Å². The summed E-state index contributed by atoms with van der Waals surface area (Å²) in [6.07, 6.45) is 7.55. The molecule has 12 rings (SSSR count). The van der Waals surface area contributed by atoms with Crippen molar-refractivity contribution in [3.8, 4) is 89.5 Å². The van der Waals surface area contributed by atoms with Crippen LogP contribution in [0, 0.1) is 31.2 Å². The molecule has 482 valence electrons. The van der Waals surface area contributed by atoms with Crippen molar-refractivity contribution in [1.29, 1.82) is 0 Å². The minimum atomic E-state index is 0. The third-order valence-electron chi connectivity index (χ3n) is 15.6. The molecule has 0 unspecified atom stereocenters. The molecule has 0 N–H and O–H groups in total. The van der Waals surface area contributed by atoms with Crippen LogP contribution in [0.3, 0.4) is 0 Å². The minimum absolute atomic E-state index is 0. The van der Waals surface area contributed by atoms with Crippen LogP contribution in [0.15, 0.2) is 261 Å². The van der Waals surface area contributed by atoms with Gasteiger partial charge in [-0.2, -0.15) is 0 Å². The molecule has 4 heterocycles. The number of rotatable bonds is 8. The van der Waals surface area contributed by atoms with Crippen LogP contribution in [-0.4, -0.2) is 19.9 Å². The van der Waals surface area contributed by atoms with Crippen LogP contribution >= 0.6 is 0 Å². The van der Waals surface area contributed by atoms with E-state index in [9.17, 15) is 0 Å². The van der Waals surface area contributed by atoms with Crippen molar-refractivity contribution in [3.63, 3.8) is 0 Å². The SMILES string of the molecule is CC(C)(C)c1ccc(-c2[c-]cc(-c3ccccc3)cc2)nc1.CC(C)(C)c1ccc(-c2c[c-]c(-c3ccccn3)cc2)cc1.CC(C)(C)c1ccnc(-c2[c-]cc(-c3ccccc3)cc2)c1.Cc1ccc(-c2[c-]cc(-c3ccc(C(C)(C)C)cc3)cc2)nc1.[Ir].[Ir].[Ir].[Ir]. The summed E-state index contributed by atoms with van der Waals surface area (Å²) in [4.78, 5) is 17.9. The average molecular weight is 1930 g/mol. The Morgan fingerprint density at radius 1 is 0.247 bits per heavy atom. The number of hydrogen-bond donors (Lipinski definition) is 0. The maximum absolute atomic E-state index is 4.59. The van der Waals surface area contributed by atoms with Crippen LogP contribution < -0.4 is 0 Å². The molecular formula is C85H82Ir4N4-4. The van der Waals surface area contributed by atoms with Crippen LogP contribution in [-0.2, 0) is 102 Å². The fourth-order valence-electron chi connectivity index (χ4n) is 9.83. The smallest absolute Gasteiger partial charge is 0.0198 e. The van der Waals surface area contributed by atoms with E-state index < -0.39 is 0 Å². The molecule has 93 heavy (non-hydrogen) atoms. The molecule has 0 spiro atoms. The van der Waals surface area contributed by atoms with E-state index in [1.165, 1.54) is 72.3 Å². The quantitative estimate of drug-likeness (QED) is 0.142. The van der Waals surface area contributed by atoms with Crippen molar-refractivity contribution >= 4 is 0 Å². The van der Waals surface area contributed by atoms with Crippen LogP contribution in [0.2, 0.25) is 0 Å². The predicted octanol–water partition coefficient (Wildman–Crippen LogP) is 22.4. The molecule has 4 radical (unpaired) electrons. The molecule has 8 heteroatoms. The first-order valence-electron chi connectivity index (χ1n) is 30.7. The van der Waals surface area contributed by atoms with Crippen LogP contribution in [0.1, 0.15) is 111 Å². The van der Waals surface area contributed by atoms with Crippen molar-refractivity contribution < 1.29 is 80.4 Å². The van der Waals surface area contributed by atoms with E-state index in [4.69, 9.17) is 0 Å². The van der Waals surface area contributed by atoms with Crippen LogP contribution in [0.5, 0.6) is 0 Å². The molecule has 0 saturated carbocycles. The first-order valence-corrected chi connectivity index (χ1v) is 30.7. The van der Waals surface area contributed by atoms with Gasteiger partial charge in [0.15, 0.2) is 0 Å². The van der Waals surface area contributed by atoms with E-state index >= 15 is 0 Å². The van der Waals surface area contributed by atoms with Crippen LogP contribution in [0.25, 0.3) is 89.5 Å². The Balaban J connectivity index is 0.000000222. The van der Waals surface area contributed by atoms with Crippen molar-refractivity contribution in [3.05, 3.63) is 313 Å². The summed E-state index contributed by atoms with van der Waals surface area (Å²) >= 11 is 0. The van der Waals surface area contributed by atoms with Crippen molar-refractivity contribution in [2.45, 2.75) is 112 Å². The summed E-state index contributed by atoms with van der Waals surface area (Å²) in [6.45, 7) is 28.7. The number of benzene rings is 8. The zero-order valence-corrected chi connectivity index (χ0v) is 65.0. The Kier molecular flexibility index (Phi) is 28.8. The number of hydrogen-bond acceptors (Lipinski definition) is 4. The molecule has 0 atom stereocenters. The fourth-order valence-corrected chi connectivity index (χ4v) is 9.83. The van der Waals surface area contributed by atoms with Gasteiger partial charge in [-0.3, -0.25) is 0 Å². The Hall–Kier alpha value is -7.04. The number of aromatic nitrogens is 4.